The Morgan fingerprint density at radius 2 is 2.05 bits per heavy atom. The van der Waals surface area contributed by atoms with Crippen LogP contribution in [-0.4, -0.2) is 9.91 Å². The lowest BCUT2D eigenvalue weighted by atomic mass is 10.2. The number of benzene rings is 1. The topological polar surface area (TPSA) is 65.3 Å². The Hall–Kier alpha value is -2.09. The van der Waals surface area contributed by atoms with E-state index in [1.807, 2.05) is 0 Å². The Labute approximate surface area is 126 Å². The number of ether oxygens (including phenoxy) is 1. The van der Waals surface area contributed by atoms with E-state index in [0.717, 1.165) is 5.56 Å². The predicted octanol–water partition coefficient (Wildman–Crippen LogP) is 4.26. The number of nitro groups is 1. The Kier molecular flexibility index (Phi) is 4.46. The fourth-order valence-corrected chi connectivity index (χ4v) is 1.95. The molecular formula is C13H9BrF2N2O3. The summed E-state index contributed by atoms with van der Waals surface area (Å²) in [7, 11) is 0. The number of aryl methyl sites for hydroxylation is 1. The van der Waals surface area contributed by atoms with E-state index < -0.39 is 28.0 Å². The minimum Gasteiger partial charge on any atom is -0.436 e. The monoisotopic (exact) mass is 358 g/mol. The fourth-order valence-electron chi connectivity index (χ4n) is 1.64. The summed E-state index contributed by atoms with van der Waals surface area (Å²) in [6.07, 6.45) is 1.52. The molecule has 0 N–H and O–H groups in total. The van der Waals surface area contributed by atoms with Crippen LogP contribution in [0.15, 0.2) is 24.4 Å². The molecule has 0 spiro atoms. The molecule has 0 aliphatic heterocycles. The van der Waals surface area contributed by atoms with Crippen molar-refractivity contribution in [2.45, 2.75) is 12.3 Å². The summed E-state index contributed by atoms with van der Waals surface area (Å²) in [6, 6.07) is 2.89. The molecule has 2 aromatic rings. The largest absolute Gasteiger partial charge is 0.436 e. The van der Waals surface area contributed by atoms with Gasteiger partial charge in [0.05, 0.1) is 11.0 Å². The SMILES string of the molecule is Cc1cc(CBr)cnc1Oc1cc(F)c([N+](=O)[O-])cc1F. The molecule has 0 radical (unpaired) electrons. The maximum Gasteiger partial charge on any atom is 0.307 e. The number of rotatable bonds is 4. The lowest BCUT2D eigenvalue weighted by Crippen LogP contribution is -1.98. The lowest BCUT2D eigenvalue weighted by molar-refractivity contribution is -0.387. The molecule has 0 unspecified atom stereocenters. The van der Waals surface area contributed by atoms with Crippen molar-refractivity contribution in [2.24, 2.45) is 0 Å². The summed E-state index contributed by atoms with van der Waals surface area (Å²) in [5, 5.41) is 11.1. The van der Waals surface area contributed by atoms with E-state index in [2.05, 4.69) is 20.9 Å². The molecule has 2 rings (SSSR count). The third-order valence-electron chi connectivity index (χ3n) is 2.65. The molecule has 0 amide bonds. The lowest BCUT2D eigenvalue weighted by Gasteiger charge is -2.09. The van der Waals surface area contributed by atoms with E-state index in [1.54, 1.807) is 13.0 Å². The average Bonchev–Trinajstić information content (AvgIpc) is 2.44. The second-order valence-electron chi connectivity index (χ2n) is 4.19. The van der Waals surface area contributed by atoms with E-state index in [1.165, 1.54) is 6.20 Å². The number of aromatic nitrogens is 1. The van der Waals surface area contributed by atoms with Crippen molar-refractivity contribution in [3.63, 3.8) is 0 Å². The standard InChI is InChI=1S/C13H9BrF2N2O3/c1-7-2-8(5-14)6-17-13(7)21-12-4-9(15)11(18(19)20)3-10(12)16/h2-4,6H,5H2,1H3. The summed E-state index contributed by atoms with van der Waals surface area (Å²) in [4.78, 5) is 13.5. The number of hydrogen-bond acceptors (Lipinski definition) is 4. The Morgan fingerprint density at radius 1 is 1.33 bits per heavy atom. The highest BCUT2D eigenvalue weighted by molar-refractivity contribution is 9.08. The summed E-state index contributed by atoms with van der Waals surface area (Å²) >= 11 is 3.27. The van der Waals surface area contributed by atoms with Gasteiger partial charge >= 0.3 is 5.69 Å². The highest BCUT2D eigenvalue weighted by Gasteiger charge is 2.20. The van der Waals surface area contributed by atoms with Gasteiger partial charge in [0.1, 0.15) is 0 Å². The first-order chi connectivity index (χ1) is 9.92. The predicted molar refractivity (Wildman–Crippen MR) is 74.7 cm³/mol. The summed E-state index contributed by atoms with van der Waals surface area (Å²) < 4.78 is 32.4. The third-order valence-corrected chi connectivity index (χ3v) is 3.29. The molecule has 0 bridgehead atoms. The number of alkyl halides is 1. The van der Waals surface area contributed by atoms with E-state index in [4.69, 9.17) is 4.74 Å². The highest BCUT2D eigenvalue weighted by Crippen LogP contribution is 2.30. The molecule has 1 aromatic carbocycles. The molecule has 0 saturated heterocycles. The van der Waals surface area contributed by atoms with Gasteiger partial charge in [-0.1, -0.05) is 15.9 Å². The van der Waals surface area contributed by atoms with E-state index in [0.29, 0.717) is 23.0 Å². The average molecular weight is 359 g/mol. The van der Waals surface area contributed by atoms with Crippen LogP contribution in [0, 0.1) is 28.7 Å². The van der Waals surface area contributed by atoms with Crippen molar-refractivity contribution in [2.75, 3.05) is 0 Å². The fraction of sp³-hybridized carbons (Fsp3) is 0.154. The summed E-state index contributed by atoms with van der Waals surface area (Å²) in [5.74, 6) is -2.56. The zero-order valence-electron chi connectivity index (χ0n) is 10.8. The van der Waals surface area contributed by atoms with Gasteiger partial charge in [-0.05, 0) is 18.6 Å². The molecule has 0 atom stereocenters. The zero-order chi connectivity index (χ0) is 15.6. The first kappa shape index (κ1) is 15.3. The quantitative estimate of drug-likeness (QED) is 0.465. The molecule has 0 aliphatic rings. The van der Waals surface area contributed by atoms with Gasteiger partial charge in [-0.25, -0.2) is 9.37 Å². The molecular weight excluding hydrogens is 350 g/mol. The van der Waals surface area contributed by atoms with E-state index in [9.17, 15) is 18.9 Å². The molecule has 0 saturated carbocycles. The number of nitrogens with zero attached hydrogens (tertiary/aromatic N) is 2. The van der Waals surface area contributed by atoms with Crippen LogP contribution < -0.4 is 4.74 Å². The van der Waals surface area contributed by atoms with Gasteiger partial charge in [0.2, 0.25) is 11.7 Å². The molecule has 1 aromatic heterocycles. The van der Waals surface area contributed by atoms with Crippen molar-refractivity contribution in [3.8, 4) is 11.6 Å². The molecule has 1 heterocycles. The van der Waals surface area contributed by atoms with Gasteiger partial charge in [-0.2, -0.15) is 4.39 Å². The van der Waals surface area contributed by atoms with Gasteiger partial charge in [0.15, 0.2) is 11.6 Å². The maximum atomic E-state index is 13.7. The maximum absolute atomic E-state index is 13.7. The van der Waals surface area contributed by atoms with Crippen LogP contribution in [0.3, 0.4) is 0 Å². The molecule has 21 heavy (non-hydrogen) atoms. The number of pyridine rings is 1. The molecule has 0 fully saturated rings. The second kappa shape index (κ2) is 6.13. The normalized spacial score (nSPS) is 10.5. The third kappa shape index (κ3) is 3.33. The van der Waals surface area contributed by atoms with Crippen molar-refractivity contribution >= 4 is 21.6 Å². The van der Waals surface area contributed by atoms with Crippen LogP contribution in [-0.2, 0) is 5.33 Å². The van der Waals surface area contributed by atoms with Crippen molar-refractivity contribution in [1.29, 1.82) is 0 Å². The minimum absolute atomic E-state index is 0.104. The van der Waals surface area contributed by atoms with Gasteiger partial charge in [-0.15, -0.1) is 0 Å². The number of halogens is 3. The summed E-state index contributed by atoms with van der Waals surface area (Å²) in [6.45, 7) is 1.70. The number of hydrogen-bond donors (Lipinski definition) is 0. The van der Waals surface area contributed by atoms with Crippen LogP contribution in [0.5, 0.6) is 11.6 Å². The Morgan fingerprint density at radius 3 is 2.62 bits per heavy atom. The van der Waals surface area contributed by atoms with Crippen molar-refractivity contribution in [1.82, 2.24) is 4.98 Å². The molecule has 0 aliphatic carbocycles. The minimum atomic E-state index is -1.17. The van der Waals surface area contributed by atoms with Gasteiger partial charge in [-0.3, -0.25) is 10.1 Å². The number of nitro benzene ring substituents is 1. The molecule has 110 valence electrons. The van der Waals surface area contributed by atoms with Crippen LogP contribution in [0.25, 0.3) is 0 Å². The van der Waals surface area contributed by atoms with Crippen LogP contribution >= 0.6 is 15.9 Å². The van der Waals surface area contributed by atoms with Gasteiger partial charge < -0.3 is 4.74 Å². The first-order valence-electron chi connectivity index (χ1n) is 5.75. The van der Waals surface area contributed by atoms with Crippen molar-refractivity contribution < 1.29 is 18.4 Å². The highest BCUT2D eigenvalue weighted by atomic mass is 79.9. The smallest absolute Gasteiger partial charge is 0.307 e. The first-order valence-corrected chi connectivity index (χ1v) is 6.87. The van der Waals surface area contributed by atoms with Gasteiger partial charge in [0, 0.05) is 23.2 Å². The van der Waals surface area contributed by atoms with E-state index in [-0.39, 0.29) is 5.88 Å². The molecule has 5 nitrogen and oxygen atoms in total. The van der Waals surface area contributed by atoms with Crippen LogP contribution in [0.4, 0.5) is 14.5 Å². The Balaban J connectivity index is 2.36. The van der Waals surface area contributed by atoms with Crippen LogP contribution in [0.1, 0.15) is 11.1 Å². The second-order valence-corrected chi connectivity index (χ2v) is 4.75. The van der Waals surface area contributed by atoms with Crippen molar-refractivity contribution in [3.05, 3.63) is 57.3 Å². The summed E-state index contributed by atoms with van der Waals surface area (Å²) in [5.41, 5.74) is 0.583. The van der Waals surface area contributed by atoms with Gasteiger partial charge in [0.25, 0.3) is 0 Å². The molecule has 8 heteroatoms. The van der Waals surface area contributed by atoms with E-state index >= 15 is 0 Å². The van der Waals surface area contributed by atoms with Crippen LogP contribution in [0.2, 0.25) is 0 Å². The Bertz CT molecular complexity index is 710. The zero-order valence-corrected chi connectivity index (χ0v) is 12.4.